The molecule has 9 aromatic rings. The number of rotatable bonds is 6. The first-order valence-electron chi connectivity index (χ1n) is 18.9. The summed E-state index contributed by atoms with van der Waals surface area (Å²) >= 11 is 0. The zero-order valence-corrected chi connectivity index (χ0v) is 30.7. The van der Waals surface area contributed by atoms with E-state index >= 15 is 0 Å². The van der Waals surface area contributed by atoms with Gasteiger partial charge in [0.05, 0.1) is 0 Å². The molecule has 0 saturated carbocycles. The molecule has 0 amide bonds. The fraction of sp³-hybridized carbons (Fsp3) is 0.0577. The second-order valence-electron chi connectivity index (χ2n) is 14.8. The standard InChI is InChI=1S/C52H37N3/c1-52(2)46-22-10-9-19-44(46)45-32-31-41(33-47(45)52)34-23-25-35(26-24-34)42-20-11-17-37-18-12-21-43(48(37)42)36-27-29-40(30-28-36)51-54-49(38-13-5-3-6-14-38)53-50(55-51)39-15-7-4-8-16-39/h3-33H,1-2H3. The Morgan fingerprint density at radius 2 is 0.727 bits per heavy atom. The van der Waals surface area contributed by atoms with Gasteiger partial charge < -0.3 is 0 Å². The summed E-state index contributed by atoms with van der Waals surface area (Å²) in [7, 11) is 0. The van der Waals surface area contributed by atoms with E-state index in [1.165, 1.54) is 60.8 Å². The van der Waals surface area contributed by atoms with Crippen molar-refractivity contribution >= 4 is 10.8 Å². The van der Waals surface area contributed by atoms with Gasteiger partial charge in [0.25, 0.3) is 0 Å². The van der Waals surface area contributed by atoms with Crippen LogP contribution in [0.5, 0.6) is 0 Å². The minimum atomic E-state index is -0.0268. The summed E-state index contributed by atoms with van der Waals surface area (Å²) < 4.78 is 0. The number of aromatic nitrogens is 3. The lowest BCUT2D eigenvalue weighted by Gasteiger charge is -2.22. The van der Waals surface area contributed by atoms with E-state index in [-0.39, 0.29) is 5.41 Å². The lowest BCUT2D eigenvalue weighted by molar-refractivity contribution is 0.660. The topological polar surface area (TPSA) is 38.7 Å². The Kier molecular flexibility index (Phi) is 7.81. The van der Waals surface area contributed by atoms with Crippen molar-refractivity contribution in [3.05, 3.63) is 199 Å². The lowest BCUT2D eigenvalue weighted by Crippen LogP contribution is -2.14. The average molecular weight is 704 g/mol. The van der Waals surface area contributed by atoms with Crippen LogP contribution >= 0.6 is 0 Å². The highest BCUT2D eigenvalue weighted by atomic mass is 15.0. The molecular formula is C52H37N3. The highest BCUT2D eigenvalue weighted by Gasteiger charge is 2.35. The van der Waals surface area contributed by atoms with Gasteiger partial charge in [0.1, 0.15) is 0 Å². The van der Waals surface area contributed by atoms with Crippen molar-refractivity contribution in [1.29, 1.82) is 0 Å². The van der Waals surface area contributed by atoms with E-state index in [9.17, 15) is 0 Å². The molecule has 10 rings (SSSR count). The smallest absolute Gasteiger partial charge is 0.164 e. The predicted molar refractivity (Wildman–Crippen MR) is 228 cm³/mol. The molecule has 260 valence electrons. The molecule has 8 aromatic carbocycles. The fourth-order valence-corrected chi connectivity index (χ4v) is 8.28. The van der Waals surface area contributed by atoms with E-state index in [1.54, 1.807) is 0 Å². The Labute approximate surface area is 321 Å². The molecule has 1 heterocycles. The first-order valence-corrected chi connectivity index (χ1v) is 18.9. The molecule has 0 unspecified atom stereocenters. The summed E-state index contributed by atoms with van der Waals surface area (Å²) in [6.07, 6.45) is 0. The Morgan fingerprint density at radius 3 is 1.29 bits per heavy atom. The van der Waals surface area contributed by atoms with Crippen LogP contribution in [0.3, 0.4) is 0 Å². The number of fused-ring (bicyclic) bond motifs is 4. The SMILES string of the molecule is CC1(C)c2ccccc2-c2ccc(-c3ccc(-c4cccc5cccc(-c6ccc(-c7nc(-c8ccccc8)nc(-c8ccccc8)n7)cc6)c45)cc3)cc21. The van der Waals surface area contributed by atoms with Crippen molar-refractivity contribution in [3.63, 3.8) is 0 Å². The fourth-order valence-electron chi connectivity index (χ4n) is 8.28. The maximum Gasteiger partial charge on any atom is 0.164 e. The van der Waals surface area contributed by atoms with Gasteiger partial charge in [0.2, 0.25) is 0 Å². The molecule has 0 atom stereocenters. The molecule has 3 nitrogen and oxygen atoms in total. The molecule has 0 radical (unpaired) electrons. The van der Waals surface area contributed by atoms with Crippen LogP contribution in [0.2, 0.25) is 0 Å². The van der Waals surface area contributed by atoms with Crippen LogP contribution in [-0.4, -0.2) is 15.0 Å². The first kappa shape index (κ1) is 32.7. The minimum Gasteiger partial charge on any atom is -0.208 e. The van der Waals surface area contributed by atoms with Gasteiger partial charge in [-0.15, -0.1) is 0 Å². The van der Waals surface area contributed by atoms with Crippen LogP contribution in [0.25, 0.3) is 89.4 Å². The summed E-state index contributed by atoms with van der Waals surface area (Å²) in [4.78, 5) is 14.8. The van der Waals surface area contributed by atoms with Crippen LogP contribution in [0.15, 0.2) is 188 Å². The van der Waals surface area contributed by atoms with Gasteiger partial charge in [-0.1, -0.05) is 196 Å². The lowest BCUT2D eigenvalue weighted by atomic mass is 9.81. The molecule has 0 fully saturated rings. The van der Waals surface area contributed by atoms with E-state index in [0.29, 0.717) is 17.5 Å². The molecule has 1 aliphatic carbocycles. The van der Waals surface area contributed by atoms with Gasteiger partial charge in [0, 0.05) is 22.1 Å². The van der Waals surface area contributed by atoms with Crippen LogP contribution in [0.4, 0.5) is 0 Å². The molecule has 0 N–H and O–H groups in total. The van der Waals surface area contributed by atoms with Gasteiger partial charge in [0.15, 0.2) is 17.5 Å². The average Bonchev–Trinajstić information content (AvgIpc) is 3.49. The molecule has 1 aliphatic rings. The second kappa shape index (κ2) is 13.2. The quantitative estimate of drug-likeness (QED) is 0.173. The molecule has 55 heavy (non-hydrogen) atoms. The zero-order valence-electron chi connectivity index (χ0n) is 30.7. The number of benzene rings is 8. The van der Waals surface area contributed by atoms with Gasteiger partial charge in [-0.05, 0) is 72.5 Å². The number of nitrogens with zero attached hydrogens (tertiary/aromatic N) is 3. The summed E-state index contributed by atoms with van der Waals surface area (Å²) in [5.74, 6) is 1.96. The van der Waals surface area contributed by atoms with Crippen LogP contribution in [0, 0.1) is 0 Å². The van der Waals surface area contributed by atoms with Crippen LogP contribution in [-0.2, 0) is 5.41 Å². The maximum absolute atomic E-state index is 4.95. The van der Waals surface area contributed by atoms with E-state index in [0.717, 1.165) is 22.3 Å². The second-order valence-corrected chi connectivity index (χ2v) is 14.8. The highest BCUT2D eigenvalue weighted by molar-refractivity contribution is 6.06. The first-order chi connectivity index (χ1) is 27.0. The molecule has 0 aliphatic heterocycles. The third-order valence-corrected chi connectivity index (χ3v) is 11.2. The van der Waals surface area contributed by atoms with Gasteiger partial charge >= 0.3 is 0 Å². The zero-order chi connectivity index (χ0) is 36.9. The maximum atomic E-state index is 4.95. The largest absolute Gasteiger partial charge is 0.208 e. The van der Waals surface area contributed by atoms with Crippen molar-refractivity contribution in [3.8, 4) is 78.7 Å². The number of hydrogen-bond donors (Lipinski definition) is 0. The van der Waals surface area contributed by atoms with Crippen LogP contribution < -0.4 is 0 Å². The Balaban J connectivity index is 1.00. The van der Waals surface area contributed by atoms with Gasteiger partial charge in [-0.3, -0.25) is 0 Å². The summed E-state index contributed by atoms with van der Waals surface area (Å²) in [6.45, 7) is 4.68. The molecule has 0 bridgehead atoms. The Bertz CT molecular complexity index is 2790. The van der Waals surface area contributed by atoms with E-state index in [4.69, 9.17) is 15.0 Å². The summed E-state index contributed by atoms with van der Waals surface area (Å²) in [5, 5.41) is 2.45. The summed E-state index contributed by atoms with van der Waals surface area (Å²) in [5.41, 5.74) is 15.5. The van der Waals surface area contributed by atoms with Crippen molar-refractivity contribution in [2.45, 2.75) is 19.3 Å². The van der Waals surface area contributed by atoms with Crippen molar-refractivity contribution in [1.82, 2.24) is 15.0 Å². The van der Waals surface area contributed by atoms with Crippen molar-refractivity contribution < 1.29 is 0 Å². The van der Waals surface area contributed by atoms with Gasteiger partial charge in [-0.2, -0.15) is 0 Å². The van der Waals surface area contributed by atoms with Crippen molar-refractivity contribution in [2.24, 2.45) is 0 Å². The third-order valence-electron chi connectivity index (χ3n) is 11.2. The third kappa shape index (κ3) is 5.73. The van der Waals surface area contributed by atoms with Gasteiger partial charge in [-0.25, -0.2) is 15.0 Å². The molecule has 1 aromatic heterocycles. The molecular weight excluding hydrogens is 667 g/mol. The van der Waals surface area contributed by atoms with E-state index in [1.807, 2.05) is 60.7 Å². The molecule has 0 spiro atoms. The Hall–Kier alpha value is -6.97. The number of hydrogen-bond acceptors (Lipinski definition) is 3. The minimum absolute atomic E-state index is 0.0268. The van der Waals surface area contributed by atoms with E-state index in [2.05, 4.69) is 141 Å². The predicted octanol–water partition coefficient (Wildman–Crippen LogP) is 13.3. The highest BCUT2D eigenvalue weighted by Crippen LogP contribution is 2.49. The monoisotopic (exact) mass is 703 g/mol. The molecule has 0 saturated heterocycles. The summed E-state index contributed by atoms with van der Waals surface area (Å²) in [6, 6.07) is 66.9. The van der Waals surface area contributed by atoms with Crippen LogP contribution in [0.1, 0.15) is 25.0 Å². The van der Waals surface area contributed by atoms with Crippen molar-refractivity contribution in [2.75, 3.05) is 0 Å². The normalized spacial score (nSPS) is 12.7. The molecule has 3 heteroatoms. The Morgan fingerprint density at radius 1 is 0.309 bits per heavy atom. The van der Waals surface area contributed by atoms with E-state index < -0.39 is 0 Å².